The van der Waals surface area contributed by atoms with Crippen LogP contribution in [-0.2, 0) is 14.3 Å². The first kappa shape index (κ1) is 17.2. The van der Waals surface area contributed by atoms with E-state index in [2.05, 4.69) is 0 Å². The Morgan fingerprint density at radius 3 is 2.61 bits per heavy atom. The highest BCUT2D eigenvalue weighted by Crippen LogP contribution is 2.40. The van der Waals surface area contributed by atoms with Crippen LogP contribution < -0.4 is 0 Å². The normalized spacial score (nSPS) is 31.7. The van der Waals surface area contributed by atoms with Gasteiger partial charge in [-0.3, -0.25) is 4.79 Å². The van der Waals surface area contributed by atoms with E-state index in [9.17, 15) is 9.90 Å². The van der Waals surface area contributed by atoms with Crippen LogP contribution in [0.1, 0.15) is 57.8 Å². The number of methoxy groups -OCH3 is 1. The van der Waals surface area contributed by atoms with E-state index in [1.807, 2.05) is 4.90 Å². The number of piperidine rings is 1. The summed E-state index contributed by atoms with van der Waals surface area (Å²) in [5, 5.41) is 10.7. The van der Waals surface area contributed by atoms with Crippen molar-refractivity contribution in [3.05, 3.63) is 0 Å². The summed E-state index contributed by atoms with van der Waals surface area (Å²) in [5.41, 5.74) is -1.04. The van der Waals surface area contributed by atoms with Crippen molar-refractivity contribution in [1.29, 1.82) is 0 Å². The van der Waals surface area contributed by atoms with Crippen LogP contribution in [0.2, 0.25) is 0 Å². The molecule has 0 radical (unpaired) electrons. The van der Waals surface area contributed by atoms with E-state index in [1.54, 1.807) is 7.11 Å². The van der Waals surface area contributed by atoms with Crippen molar-refractivity contribution in [3.8, 4) is 0 Å². The molecule has 3 rings (SSSR count). The third-order valence-electron chi connectivity index (χ3n) is 6.01. The van der Waals surface area contributed by atoms with Gasteiger partial charge in [0, 0.05) is 39.5 Å². The zero-order valence-electron chi connectivity index (χ0n) is 14.4. The van der Waals surface area contributed by atoms with Crippen molar-refractivity contribution in [2.45, 2.75) is 69.0 Å². The Kier molecular flexibility index (Phi) is 5.29. The first-order valence-corrected chi connectivity index (χ1v) is 9.17. The summed E-state index contributed by atoms with van der Waals surface area (Å²) in [4.78, 5) is 14.5. The number of aliphatic hydroxyl groups is 1. The van der Waals surface area contributed by atoms with E-state index in [4.69, 9.17) is 9.47 Å². The number of hydrogen-bond donors (Lipinski definition) is 1. The molecule has 1 spiro atoms. The molecule has 2 heterocycles. The lowest BCUT2D eigenvalue weighted by Gasteiger charge is -2.49. The van der Waals surface area contributed by atoms with Crippen LogP contribution in [0.4, 0.5) is 0 Å². The summed E-state index contributed by atoms with van der Waals surface area (Å²) in [6, 6.07) is 0. The van der Waals surface area contributed by atoms with E-state index in [1.165, 1.54) is 25.7 Å². The van der Waals surface area contributed by atoms with E-state index in [0.717, 1.165) is 32.4 Å². The first-order valence-electron chi connectivity index (χ1n) is 9.17. The van der Waals surface area contributed by atoms with Crippen LogP contribution in [0, 0.1) is 5.92 Å². The number of carbonyl (C=O) groups excluding carboxylic acids is 1. The van der Waals surface area contributed by atoms with E-state index in [0.29, 0.717) is 37.9 Å². The molecular weight excluding hydrogens is 294 g/mol. The second-order valence-corrected chi connectivity index (χ2v) is 7.85. The summed E-state index contributed by atoms with van der Waals surface area (Å²) in [5.74, 6) is 0.922. The van der Waals surface area contributed by atoms with Gasteiger partial charge in [-0.2, -0.15) is 0 Å². The van der Waals surface area contributed by atoms with Crippen molar-refractivity contribution in [2.24, 2.45) is 5.92 Å². The van der Waals surface area contributed by atoms with Gasteiger partial charge in [-0.05, 0) is 31.6 Å². The Balaban J connectivity index is 1.51. The van der Waals surface area contributed by atoms with Gasteiger partial charge in [0.15, 0.2) is 0 Å². The van der Waals surface area contributed by atoms with E-state index in [-0.39, 0.29) is 5.60 Å². The van der Waals surface area contributed by atoms with E-state index >= 15 is 0 Å². The molecule has 3 fully saturated rings. The van der Waals surface area contributed by atoms with Gasteiger partial charge >= 0.3 is 0 Å². The fourth-order valence-corrected chi connectivity index (χ4v) is 4.66. The van der Waals surface area contributed by atoms with Crippen molar-refractivity contribution in [3.63, 3.8) is 0 Å². The van der Waals surface area contributed by atoms with E-state index < -0.39 is 5.60 Å². The zero-order chi connectivity index (χ0) is 16.3. The number of nitrogens with zero attached hydrogens (tertiary/aromatic N) is 1. The van der Waals surface area contributed by atoms with Gasteiger partial charge in [0.2, 0.25) is 5.91 Å². The maximum absolute atomic E-state index is 12.5. The minimum absolute atomic E-state index is 0.268. The SMILES string of the molecule is COCC1(O)CCOC2(CCN(C(=O)CC3CCCC3)CC2)C1. The molecule has 0 bridgehead atoms. The molecule has 2 aliphatic heterocycles. The van der Waals surface area contributed by atoms with Crippen LogP contribution in [-0.4, -0.2) is 60.5 Å². The van der Waals surface area contributed by atoms with Gasteiger partial charge in [-0.25, -0.2) is 0 Å². The van der Waals surface area contributed by atoms with Gasteiger partial charge in [0.25, 0.3) is 0 Å². The summed E-state index contributed by atoms with van der Waals surface area (Å²) >= 11 is 0. The molecule has 5 heteroatoms. The molecule has 1 saturated carbocycles. The topological polar surface area (TPSA) is 59.0 Å². The van der Waals surface area contributed by atoms with Gasteiger partial charge in [-0.15, -0.1) is 0 Å². The van der Waals surface area contributed by atoms with Gasteiger partial charge in [0.05, 0.1) is 24.4 Å². The molecule has 1 aliphatic carbocycles. The molecule has 2 saturated heterocycles. The second-order valence-electron chi connectivity index (χ2n) is 7.85. The Labute approximate surface area is 139 Å². The third-order valence-corrected chi connectivity index (χ3v) is 6.01. The molecule has 1 amide bonds. The molecule has 132 valence electrons. The molecule has 1 unspecified atom stereocenters. The minimum atomic E-state index is -0.775. The average molecular weight is 325 g/mol. The number of ether oxygens (including phenoxy) is 2. The van der Waals surface area contributed by atoms with Crippen LogP contribution >= 0.6 is 0 Å². The lowest BCUT2D eigenvalue weighted by atomic mass is 9.77. The highest BCUT2D eigenvalue weighted by molar-refractivity contribution is 5.76. The maximum Gasteiger partial charge on any atom is 0.222 e. The van der Waals surface area contributed by atoms with Crippen LogP contribution in [0.15, 0.2) is 0 Å². The van der Waals surface area contributed by atoms with Gasteiger partial charge in [0.1, 0.15) is 0 Å². The predicted molar refractivity (Wildman–Crippen MR) is 87.1 cm³/mol. The van der Waals surface area contributed by atoms with Crippen molar-refractivity contribution < 1.29 is 19.4 Å². The fourth-order valence-electron chi connectivity index (χ4n) is 4.66. The Morgan fingerprint density at radius 1 is 1.26 bits per heavy atom. The highest BCUT2D eigenvalue weighted by atomic mass is 16.5. The third kappa shape index (κ3) is 4.06. The van der Waals surface area contributed by atoms with Crippen molar-refractivity contribution in [1.82, 2.24) is 4.90 Å². The Morgan fingerprint density at radius 2 is 1.96 bits per heavy atom. The standard InChI is InChI=1S/C18H31NO4/c1-22-14-17(21)8-11-23-18(13-17)6-9-19(10-7-18)16(20)12-15-4-2-3-5-15/h15,21H,2-14H2,1H3. The molecule has 1 N–H and O–H groups in total. The summed E-state index contributed by atoms with van der Waals surface area (Å²) < 4.78 is 11.2. The number of likely N-dealkylation sites (tertiary alicyclic amines) is 1. The number of hydrogen-bond acceptors (Lipinski definition) is 4. The summed E-state index contributed by atoms with van der Waals surface area (Å²) in [7, 11) is 1.63. The molecule has 0 aromatic rings. The molecule has 1 atom stereocenters. The second kappa shape index (κ2) is 7.08. The lowest BCUT2D eigenvalue weighted by molar-refractivity contribution is -0.192. The molecule has 3 aliphatic rings. The number of rotatable bonds is 4. The Hall–Kier alpha value is -0.650. The maximum atomic E-state index is 12.5. The smallest absolute Gasteiger partial charge is 0.222 e. The predicted octanol–water partition coefficient (Wildman–Crippen LogP) is 2.12. The molecule has 23 heavy (non-hydrogen) atoms. The lowest BCUT2D eigenvalue weighted by Crippen LogP contribution is -2.56. The van der Waals surface area contributed by atoms with Crippen molar-refractivity contribution in [2.75, 3.05) is 33.4 Å². The molecular formula is C18H31NO4. The fraction of sp³-hybridized carbons (Fsp3) is 0.944. The number of amides is 1. The van der Waals surface area contributed by atoms with Gasteiger partial charge in [-0.1, -0.05) is 12.8 Å². The van der Waals surface area contributed by atoms with Gasteiger partial charge < -0.3 is 19.5 Å². The van der Waals surface area contributed by atoms with Crippen LogP contribution in [0.5, 0.6) is 0 Å². The Bertz CT molecular complexity index is 409. The molecule has 5 nitrogen and oxygen atoms in total. The highest BCUT2D eigenvalue weighted by Gasteiger charge is 2.47. The largest absolute Gasteiger partial charge is 0.387 e. The quantitative estimate of drug-likeness (QED) is 0.860. The van der Waals surface area contributed by atoms with Crippen molar-refractivity contribution >= 4 is 5.91 Å². The van der Waals surface area contributed by atoms with Crippen LogP contribution in [0.3, 0.4) is 0 Å². The van der Waals surface area contributed by atoms with Crippen LogP contribution in [0.25, 0.3) is 0 Å². The average Bonchev–Trinajstić information content (AvgIpc) is 3.00. The minimum Gasteiger partial charge on any atom is -0.387 e. The monoisotopic (exact) mass is 325 g/mol. The summed E-state index contributed by atoms with van der Waals surface area (Å²) in [6.07, 6.45) is 8.64. The first-order chi connectivity index (χ1) is 11.0. The molecule has 0 aromatic heterocycles. The number of carbonyl (C=O) groups is 1. The zero-order valence-corrected chi connectivity index (χ0v) is 14.4. The summed E-state index contributed by atoms with van der Waals surface area (Å²) in [6.45, 7) is 2.46. The molecule has 0 aromatic carbocycles.